The van der Waals surface area contributed by atoms with Crippen LogP contribution in [0.2, 0.25) is 0 Å². The molecule has 3 aromatic rings. The fraction of sp³-hybridized carbons (Fsp3) is 0.375. The summed E-state index contributed by atoms with van der Waals surface area (Å²) in [4.78, 5) is 33.4. The van der Waals surface area contributed by atoms with Crippen LogP contribution in [-0.4, -0.2) is 26.9 Å². The molecule has 0 aliphatic carbocycles. The van der Waals surface area contributed by atoms with Gasteiger partial charge in [-0.15, -0.1) is 0 Å². The van der Waals surface area contributed by atoms with Gasteiger partial charge in [-0.05, 0) is 49.7 Å². The number of carbonyl (C=O) groups is 1. The largest absolute Gasteiger partial charge is 0.332 e. The molecule has 5 nitrogen and oxygen atoms in total. The fourth-order valence-corrected chi connectivity index (χ4v) is 3.82. The first-order valence-electron chi connectivity index (χ1n) is 10.2. The van der Waals surface area contributed by atoms with E-state index in [2.05, 4.69) is 15.9 Å². The molecule has 158 valence electrons. The van der Waals surface area contributed by atoms with E-state index < -0.39 is 5.41 Å². The zero-order valence-corrected chi connectivity index (χ0v) is 19.7. The van der Waals surface area contributed by atoms with Gasteiger partial charge in [0.25, 0.3) is 5.56 Å². The highest BCUT2D eigenvalue weighted by molar-refractivity contribution is 9.10. The van der Waals surface area contributed by atoms with Crippen LogP contribution in [0.1, 0.15) is 52.9 Å². The van der Waals surface area contributed by atoms with E-state index in [1.807, 2.05) is 82.0 Å². The predicted molar refractivity (Wildman–Crippen MR) is 125 cm³/mol. The molecule has 0 N–H and O–H groups in total. The van der Waals surface area contributed by atoms with E-state index >= 15 is 0 Å². The summed E-state index contributed by atoms with van der Waals surface area (Å²) in [6.07, 6.45) is 0.822. The smallest absolute Gasteiger partial charge is 0.266 e. The Morgan fingerprint density at radius 2 is 1.77 bits per heavy atom. The van der Waals surface area contributed by atoms with Crippen LogP contribution in [0.3, 0.4) is 0 Å². The van der Waals surface area contributed by atoms with Gasteiger partial charge in [-0.2, -0.15) is 0 Å². The Balaban J connectivity index is 2.27. The van der Waals surface area contributed by atoms with E-state index in [1.54, 1.807) is 10.6 Å². The summed E-state index contributed by atoms with van der Waals surface area (Å²) < 4.78 is 2.57. The molecule has 0 aliphatic rings. The number of para-hydroxylation sites is 1. The monoisotopic (exact) mass is 469 g/mol. The zero-order valence-electron chi connectivity index (χ0n) is 18.1. The third-order valence-corrected chi connectivity index (χ3v) is 5.62. The van der Waals surface area contributed by atoms with Crippen molar-refractivity contribution in [1.82, 2.24) is 14.5 Å². The van der Waals surface area contributed by atoms with Gasteiger partial charge >= 0.3 is 0 Å². The maximum atomic E-state index is 13.5. The van der Waals surface area contributed by atoms with Crippen LogP contribution in [0.15, 0.2) is 57.8 Å². The lowest BCUT2D eigenvalue weighted by atomic mass is 9.93. The minimum atomic E-state index is -0.525. The van der Waals surface area contributed by atoms with E-state index in [4.69, 9.17) is 4.98 Å². The highest BCUT2D eigenvalue weighted by Crippen LogP contribution is 2.28. The van der Waals surface area contributed by atoms with E-state index in [1.165, 1.54) is 0 Å². The number of fused-ring (bicyclic) bond motifs is 1. The van der Waals surface area contributed by atoms with Crippen molar-refractivity contribution in [2.45, 2.75) is 47.1 Å². The van der Waals surface area contributed by atoms with Crippen LogP contribution < -0.4 is 5.56 Å². The summed E-state index contributed by atoms with van der Waals surface area (Å²) in [6.45, 7) is 10.3. The molecule has 3 rings (SSSR count). The van der Waals surface area contributed by atoms with E-state index in [0.29, 0.717) is 23.3 Å². The first-order valence-corrected chi connectivity index (χ1v) is 11.0. The van der Waals surface area contributed by atoms with Gasteiger partial charge < -0.3 is 4.90 Å². The van der Waals surface area contributed by atoms with Crippen LogP contribution in [-0.2, 0) is 4.79 Å². The van der Waals surface area contributed by atoms with Gasteiger partial charge in [-0.3, -0.25) is 14.2 Å². The Hall–Kier alpha value is -2.47. The normalized spacial score (nSPS) is 12.7. The van der Waals surface area contributed by atoms with Crippen LogP contribution in [0, 0.1) is 5.41 Å². The Kier molecular flexibility index (Phi) is 6.46. The first kappa shape index (κ1) is 22.2. The minimum Gasteiger partial charge on any atom is -0.332 e. The summed E-state index contributed by atoms with van der Waals surface area (Å²) in [7, 11) is 0. The Bertz CT molecular complexity index is 1110. The van der Waals surface area contributed by atoms with E-state index in [-0.39, 0.29) is 17.5 Å². The third kappa shape index (κ3) is 4.33. The van der Waals surface area contributed by atoms with Crippen LogP contribution in [0.5, 0.6) is 0 Å². The van der Waals surface area contributed by atoms with Crippen LogP contribution in [0.4, 0.5) is 0 Å². The number of halogens is 1. The molecule has 6 heteroatoms. The Morgan fingerprint density at radius 3 is 2.37 bits per heavy atom. The average molecular weight is 470 g/mol. The Labute approximate surface area is 185 Å². The second kappa shape index (κ2) is 8.72. The van der Waals surface area contributed by atoms with Gasteiger partial charge in [0, 0.05) is 16.4 Å². The second-order valence-electron chi connectivity index (χ2n) is 8.53. The van der Waals surface area contributed by atoms with Crippen molar-refractivity contribution in [3.05, 3.63) is 69.2 Å². The summed E-state index contributed by atoms with van der Waals surface area (Å²) >= 11 is 3.45. The van der Waals surface area contributed by atoms with Gasteiger partial charge in [-0.25, -0.2) is 4.98 Å². The standard InChI is InChI=1S/C24H28BrN3O2/c1-6-15-27(23(30)24(3,4)5)16(2)21-26-20-10-8-7-9-19(20)22(29)28(21)18-13-11-17(25)12-14-18/h7-14,16H,6,15H2,1-5H3. The molecule has 0 aliphatic heterocycles. The molecule has 2 aromatic carbocycles. The molecule has 0 fully saturated rings. The molecule has 1 aromatic heterocycles. The quantitative estimate of drug-likeness (QED) is 0.495. The summed E-state index contributed by atoms with van der Waals surface area (Å²) in [6, 6.07) is 14.5. The first-order chi connectivity index (χ1) is 14.1. The summed E-state index contributed by atoms with van der Waals surface area (Å²) in [5.74, 6) is 0.605. The fourth-order valence-electron chi connectivity index (χ4n) is 3.55. The molecular weight excluding hydrogens is 442 g/mol. The molecule has 0 saturated heterocycles. The van der Waals surface area contributed by atoms with Crippen molar-refractivity contribution in [3.8, 4) is 5.69 Å². The lowest BCUT2D eigenvalue weighted by Gasteiger charge is -2.34. The maximum absolute atomic E-state index is 13.5. The van der Waals surface area contributed by atoms with Crippen molar-refractivity contribution in [2.75, 3.05) is 6.54 Å². The number of hydrogen-bond donors (Lipinski definition) is 0. The molecule has 1 amide bonds. The van der Waals surface area contributed by atoms with Gasteiger partial charge in [0.2, 0.25) is 5.91 Å². The summed E-state index contributed by atoms with van der Waals surface area (Å²) in [5, 5.41) is 0.556. The second-order valence-corrected chi connectivity index (χ2v) is 9.44. The number of aromatic nitrogens is 2. The molecule has 30 heavy (non-hydrogen) atoms. The number of rotatable bonds is 5. The molecule has 1 atom stereocenters. The van der Waals surface area contributed by atoms with Crippen molar-refractivity contribution < 1.29 is 4.79 Å². The topological polar surface area (TPSA) is 55.2 Å². The van der Waals surface area contributed by atoms with Crippen molar-refractivity contribution >= 4 is 32.7 Å². The van der Waals surface area contributed by atoms with Gasteiger partial charge in [0.15, 0.2) is 0 Å². The summed E-state index contributed by atoms with van der Waals surface area (Å²) in [5.41, 5.74) is 0.702. The molecular formula is C24H28BrN3O2. The Morgan fingerprint density at radius 1 is 1.13 bits per heavy atom. The lowest BCUT2D eigenvalue weighted by Crippen LogP contribution is -2.43. The molecule has 0 bridgehead atoms. The third-order valence-electron chi connectivity index (χ3n) is 5.09. The molecule has 1 heterocycles. The molecule has 0 saturated carbocycles. The number of nitrogens with zero attached hydrogens (tertiary/aromatic N) is 3. The SMILES string of the molecule is CCCN(C(=O)C(C)(C)C)C(C)c1nc2ccccc2c(=O)n1-c1ccc(Br)cc1. The van der Waals surface area contributed by atoms with E-state index in [0.717, 1.165) is 16.6 Å². The lowest BCUT2D eigenvalue weighted by molar-refractivity contribution is -0.142. The number of carbonyl (C=O) groups excluding carboxylic acids is 1. The van der Waals surface area contributed by atoms with Crippen molar-refractivity contribution in [2.24, 2.45) is 5.41 Å². The highest BCUT2D eigenvalue weighted by atomic mass is 79.9. The van der Waals surface area contributed by atoms with Crippen LogP contribution in [0.25, 0.3) is 16.6 Å². The van der Waals surface area contributed by atoms with Crippen molar-refractivity contribution in [1.29, 1.82) is 0 Å². The van der Waals surface area contributed by atoms with Gasteiger partial charge in [0.05, 0.1) is 22.6 Å². The zero-order chi connectivity index (χ0) is 22.1. The number of amides is 1. The highest BCUT2D eigenvalue weighted by Gasteiger charge is 2.32. The molecule has 0 spiro atoms. The number of hydrogen-bond acceptors (Lipinski definition) is 3. The molecule has 0 radical (unpaired) electrons. The number of benzene rings is 2. The van der Waals surface area contributed by atoms with E-state index in [9.17, 15) is 9.59 Å². The van der Waals surface area contributed by atoms with Gasteiger partial charge in [0.1, 0.15) is 5.82 Å². The van der Waals surface area contributed by atoms with Gasteiger partial charge in [-0.1, -0.05) is 55.8 Å². The van der Waals surface area contributed by atoms with Crippen LogP contribution >= 0.6 is 15.9 Å². The minimum absolute atomic E-state index is 0.0432. The maximum Gasteiger partial charge on any atom is 0.266 e. The van der Waals surface area contributed by atoms with Crippen molar-refractivity contribution in [3.63, 3.8) is 0 Å². The average Bonchev–Trinajstić information content (AvgIpc) is 2.71. The predicted octanol–water partition coefficient (Wildman–Crippen LogP) is 5.49. The molecule has 1 unspecified atom stereocenters.